The van der Waals surface area contributed by atoms with Crippen LogP contribution in [0.4, 0.5) is 0 Å². The van der Waals surface area contributed by atoms with E-state index in [9.17, 15) is 0 Å². The van der Waals surface area contributed by atoms with E-state index in [4.69, 9.17) is 4.74 Å². The van der Waals surface area contributed by atoms with Crippen LogP contribution in [0.15, 0.2) is 24.3 Å². The summed E-state index contributed by atoms with van der Waals surface area (Å²) in [6, 6.07) is 9.55. The van der Waals surface area contributed by atoms with Gasteiger partial charge in [0.1, 0.15) is 0 Å². The van der Waals surface area contributed by atoms with Gasteiger partial charge in [0.15, 0.2) is 0 Å². The minimum atomic E-state index is 0.433. The topological polar surface area (TPSA) is 21.3 Å². The Balaban J connectivity index is 1.81. The van der Waals surface area contributed by atoms with Crippen molar-refractivity contribution in [2.45, 2.75) is 52.1 Å². The van der Waals surface area contributed by atoms with Crippen molar-refractivity contribution in [3.63, 3.8) is 0 Å². The van der Waals surface area contributed by atoms with E-state index in [0.29, 0.717) is 12.0 Å². The van der Waals surface area contributed by atoms with Crippen LogP contribution in [0.3, 0.4) is 0 Å². The highest BCUT2D eigenvalue weighted by atomic mass is 16.5. The van der Waals surface area contributed by atoms with Crippen LogP contribution in [0.2, 0.25) is 0 Å². The molecule has 1 atom stereocenters. The van der Waals surface area contributed by atoms with Crippen molar-refractivity contribution in [1.82, 2.24) is 5.32 Å². The summed E-state index contributed by atoms with van der Waals surface area (Å²) in [6.45, 7) is 9.06. The zero-order valence-corrected chi connectivity index (χ0v) is 12.5. The molecular weight excluding hydrogens is 234 g/mol. The Morgan fingerprint density at radius 3 is 2.42 bits per heavy atom. The molecule has 0 aromatic heterocycles. The van der Waals surface area contributed by atoms with Crippen molar-refractivity contribution in [2.24, 2.45) is 5.92 Å². The zero-order chi connectivity index (χ0) is 13.7. The lowest BCUT2D eigenvalue weighted by atomic mass is 10.0. The molecule has 2 rings (SSSR count). The normalized spacial score (nSPS) is 16.8. The fraction of sp³-hybridized carbons (Fsp3) is 0.647. The summed E-state index contributed by atoms with van der Waals surface area (Å²) in [4.78, 5) is 0. The standard InChI is InChI=1S/C17H27NO/c1-4-19-12-17(13(2)3)18-11-14-5-7-15(8-6-14)16-9-10-16/h5-8,13,16-18H,4,9-12H2,1-3H3. The van der Waals surface area contributed by atoms with Gasteiger partial charge in [0.2, 0.25) is 0 Å². The SMILES string of the molecule is CCOCC(NCc1ccc(C2CC2)cc1)C(C)C. The molecule has 1 aromatic carbocycles. The Kier molecular flexibility index (Phi) is 5.41. The van der Waals surface area contributed by atoms with Crippen LogP contribution < -0.4 is 5.32 Å². The third kappa shape index (κ3) is 4.63. The Morgan fingerprint density at radius 1 is 1.21 bits per heavy atom. The van der Waals surface area contributed by atoms with Crippen molar-refractivity contribution in [2.75, 3.05) is 13.2 Å². The molecule has 1 N–H and O–H groups in total. The predicted octanol–water partition coefficient (Wildman–Crippen LogP) is 3.71. The first kappa shape index (κ1) is 14.5. The van der Waals surface area contributed by atoms with Crippen molar-refractivity contribution < 1.29 is 4.74 Å². The van der Waals surface area contributed by atoms with E-state index in [2.05, 4.69) is 43.4 Å². The molecular formula is C17H27NO. The number of rotatable bonds is 8. The Hall–Kier alpha value is -0.860. The van der Waals surface area contributed by atoms with Crippen LogP contribution in [0.25, 0.3) is 0 Å². The summed E-state index contributed by atoms with van der Waals surface area (Å²) < 4.78 is 5.54. The van der Waals surface area contributed by atoms with Gasteiger partial charge in [0, 0.05) is 19.2 Å². The Morgan fingerprint density at radius 2 is 1.89 bits per heavy atom. The fourth-order valence-corrected chi connectivity index (χ4v) is 2.31. The van der Waals surface area contributed by atoms with Crippen molar-refractivity contribution >= 4 is 0 Å². The molecule has 1 saturated carbocycles. The molecule has 0 spiro atoms. The lowest BCUT2D eigenvalue weighted by molar-refractivity contribution is 0.108. The average molecular weight is 261 g/mol. The molecule has 0 amide bonds. The van der Waals surface area contributed by atoms with E-state index in [0.717, 1.165) is 25.7 Å². The van der Waals surface area contributed by atoms with E-state index < -0.39 is 0 Å². The lowest BCUT2D eigenvalue weighted by Gasteiger charge is -2.22. The number of hydrogen-bond acceptors (Lipinski definition) is 2. The molecule has 0 aliphatic heterocycles. The molecule has 1 fully saturated rings. The van der Waals surface area contributed by atoms with E-state index in [1.54, 1.807) is 0 Å². The van der Waals surface area contributed by atoms with Crippen molar-refractivity contribution in [3.8, 4) is 0 Å². The maximum atomic E-state index is 5.54. The van der Waals surface area contributed by atoms with E-state index in [1.165, 1.54) is 24.0 Å². The quantitative estimate of drug-likeness (QED) is 0.770. The second-order valence-corrected chi connectivity index (χ2v) is 5.91. The number of nitrogens with one attached hydrogen (secondary N) is 1. The molecule has 2 nitrogen and oxygen atoms in total. The summed E-state index contributed by atoms with van der Waals surface area (Å²) in [6.07, 6.45) is 2.75. The van der Waals surface area contributed by atoms with E-state index >= 15 is 0 Å². The van der Waals surface area contributed by atoms with Gasteiger partial charge in [0.25, 0.3) is 0 Å². The molecule has 0 saturated heterocycles. The Labute approximate surface area is 117 Å². The number of benzene rings is 1. The van der Waals surface area contributed by atoms with E-state index in [-0.39, 0.29) is 0 Å². The maximum Gasteiger partial charge on any atom is 0.0622 e. The Bertz CT molecular complexity index is 367. The average Bonchev–Trinajstić information content (AvgIpc) is 3.23. The molecule has 106 valence electrons. The minimum Gasteiger partial charge on any atom is -0.380 e. The highest BCUT2D eigenvalue weighted by Crippen LogP contribution is 2.39. The first-order chi connectivity index (χ1) is 9.20. The molecule has 2 heteroatoms. The first-order valence-electron chi connectivity index (χ1n) is 7.60. The number of ether oxygens (including phenoxy) is 1. The first-order valence-corrected chi connectivity index (χ1v) is 7.60. The van der Waals surface area contributed by atoms with Crippen LogP contribution in [0, 0.1) is 5.92 Å². The lowest BCUT2D eigenvalue weighted by Crippen LogP contribution is -2.37. The summed E-state index contributed by atoms with van der Waals surface area (Å²) >= 11 is 0. The summed E-state index contributed by atoms with van der Waals surface area (Å²) in [5, 5.41) is 3.61. The van der Waals surface area contributed by atoms with Crippen LogP contribution in [-0.2, 0) is 11.3 Å². The zero-order valence-electron chi connectivity index (χ0n) is 12.5. The van der Waals surface area contributed by atoms with Gasteiger partial charge in [0.05, 0.1) is 6.61 Å². The summed E-state index contributed by atoms with van der Waals surface area (Å²) in [7, 11) is 0. The van der Waals surface area contributed by atoms with Crippen LogP contribution in [0.5, 0.6) is 0 Å². The molecule has 1 aromatic rings. The summed E-state index contributed by atoms with van der Waals surface area (Å²) in [5.74, 6) is 1.45. The van der Waals surface area contributed by atoms with Gasteiger partial charge in [-0.2, -0.15) is 0 Å². The second-order valence-electron chi connectivity index (χ2n) is 5.91. The third-order valence-electron chi connectivity index (χ3n) is 3.90. The number of hydrogen-bond donors (Lipinski definition) is 1. The van der Waals surface area contributed by atoms with Gasteiger partial charge in [-0.3, -0.25) is 0 Å². The van der Waals surface area contributed by atoms with Crippen LogP contribution >= 0.6 is 0 Å². The van der Waals surface area contributed by atoms with Gasteiger partial charge < -0.3 is 10.1 Å². The van der Waals surface area contributed by atoms with Crippen LogP contribution in [0.1, 0.15) is 50.7 Å². The van der Waals surface area contributed by atoms with Crippen molar-refractivity contribution in [1.29, 1.82) is 0 Å². The fourth-order valence-electron chi connectivity index (χ4n) is 2.31. The van der Waals surface area contributed by atoms with Crippen molar-refractivity contribution in [3.05, 3.63) is 35.4 Å². The van der Waals surface area contributed by atoms with E-state index in [1.807, 2.05) is 6.92 Å². The van der Waals surface area contributed by atoms with Gasteiger partial charge in [-0.1, -0.05) is 38.1 Å². The molecule has 0 bridgehead atoms. The maximum absolute atomic E-state index is 5.54. The van der Waals surface area contributed by atoms with Gasteiger partial charge >= 0.3 is 0 Å². The highest BCUT2D eigenvalue weighted by molar-refractivity contribution is 5.28. The molecule has 19 heavy (non-hydrogen) atoms. The highest BCUT2D eigenvalue weighted by Gasteiger charge is 2.22. The third-order valence-corrected chi connectivity index (χ3v) is 3.90. The minimum absolute atomic E-state index is 0.433. The molecule has 1 aliphatic rings. The largest absolute Gasteiger partial charge is 0.380 e. The van der Waals surface area contributed by atoms with Crippen LogP contribution in [-0.4, -0.2) is 19.3 Å². The second kappa shape index (κ2) is 7.06. The molecule has 0 heterocycles. The van der Waals surface area contributed by atoms with Gasteiger partial charge in [-0.25, -0.2) is 0 Å². The molecule has 0 radical (unpaired) electrons. The molecule has 1 aliphatic carbocycles. The van der Waals surface area contributed by atoms with Gasteiger partial charge in [-0.15, -0.1) is 0 Å². The molecule has 1 unspecified atom stereocenters. The summed E-state index contributed by atoms with van der Waals surface area (Å²) in [5.41, 5.74) is 2.88. The predicted molar refractivity (Wildman–Crippen MR) is 80.4 cm³/mol. The van der Waals surface area contributed by atoms with Gasteiger partial charge in [-0.05, 0) is 42.7 Å². The monoisotopic (exact) mass is 261 g/mol. The smallest absolute Gasteiger partial charge is 0.0622 e.